The molecule has 1 amide bonds. The molecule has 1 heterocycles. The molecule has 128 valence electrons. The summed E-state index contributed by atoms with van der Waals surface area (Å²) in [6.07, 6.45) is 4.23. The van der Waals surface area contributed by atoms with E-state index in [1.54, 1.807) is 11.9 Å². The zero-order chi connectivity index (χ0) is 16.6. The minimum atomic E-state index is -0.441. The summed E-state index contributed by atoms with van der Waals surface area (Å²) >= 11 is 1.87. The Morgan fingerprint density at radius 2 is 2.05 bits per heavy atom. The van der Waals surface area contributed by atoms with Gasteiger partial charge in [0.25, 0.3) is 0 Å². The van der Waals surface area contributed by atoms with E-state index >= 15 is 0 Å². The highest BCUT2D eigenvalue weighted by Crippen LogP contribution is 2.15. The first-order valence-electron chi connectivity index (χ1n) is 7.79. The monoisotopic (exact) mass is 330 g/mol. The molecule has 1 aliphatic heterocycles. The maximum absolute atomic E-state index is 11.8. The van der Waals surface area contributed by atoms with Gasteiger partial charge >= 0.3 is 6.09 Å². The van der Waals surface area contributed by atoms with Crippen LogP contribution in [0.4, 0.5) is 4.79 Å². The first kappa shape index (κ1) is 18.9. The zero-order valence-corrected chi connectivity index (χ0v) is 15.3. The molecule has 0 aromatic heterocycles. The fraction of sp³-hybridized carbons (Fsp3) is 0.867. The van der Waals surface area contributed by atoms with Crippen molar-refractivity contribution in [2.24, 2.45) is 4.99 Å². The van der Waals surface area contributed by atoms with Crippen molar-refractivity contribution in [2.45, 2.75) is 45.3 Å². The molecular weight excluding hydrogens is 300 g/mol. The maximum atomic E-state index is 11.8. The number of hydrogen-bond donors (Lipinski definition) is 2. The molecule has 0 spiro atoms. The Bertz CT molecular complexity index is 376. The number of amides is 1. The molecule has 1 aliphatic rings. The van der Waals surface area contributed by atoms with Crippen molar-refractivity contribution in [3.8, 4) is 0 Å². The van der Waals surface area contributed by atoms with Gasteiger partial charge in [-0.25, -0.2) is 4.79 Å². The normalized spacial score (nSPS) is 16.2. The van der Waals surface area contributed by atoms with E-state index in [0.717, 1.165) is 18.9 Å². The molecule has 0 aromatic carbocycles. The molecule has 0 bridgehead atoms. The quantitative estimate of drug-likeness (QED) is 0.442. The molecule has 6 nitrogen and oxygen atoms in total. The van der Waals surface area contributed by atoms with Crippen LogP contribution in [0.1, 0.15) is 33.6 Å². The summed E-state index contributed by atoms with van der Waals surface area (Å²) in [5.41, 5.74) is -0.441. The molecule has 0 aromatic rings. The standard InChI is InChI=1S/C15H30N4O2S/c1-15(2,3)21-14(20)19-10-12(11-19)18-13(16-4)17-8-6-7-9-22-5/h12H,6-11H2,1-5H3,(H2,16,17,18). The molecule has 1 saturated heterocycles. The summed E-state index contributed by atoms with van der Waals surface area (Å²) in [5.74, 6) is 2.00. The number of nitrogens with one attached hydrogen (secondary N) is 2. The molecule has 1 rings (SSSR count). The molecule has 1 fully saturated rings. The Morgan fingerprint density at radius 1 is 1.36 bits per heavy atom. The number of aliphatic imine (C=N–C) groups is 1. The molecule has 0 unspecified atom stereocenters. The second-order valence-electron chi connectivity index (χ2n) is 6.43. The predicted octanol–water partition coefficient (Wildman–Crippen LogP) is 1.91. The van der Waals surface area contributed by atoms with E-state index in [-0.39, 0.29) is 12.1 Å². The molecule has 0 radical (unpaired) electrons. The third-order valence-electron chi connectivity index (χ3n) is 3.17. The van der Waals surface area contributed by atoms with Crippen LogP contribution in [0.25, 0.3) is 0 Å². The smallest absolute Gasteiger partial charge is 0.410 e. The lowest BCUT2D eigenvalue weighted by Gasteiger charge is -2.40. The minimum Gasteiger partial charge on any atom is -0.444 e. The van der Waals surface area contributed by atoms with Crippen LogP contribution in [0.2, 0.25) is 0 Å². The highest BCUT2D eigenvalue weighted by Gasteiger charge is 2.34. The third kappa shape index (κ3) is 7.24. The Kier molecular flexibility index (Phi) is 7.85. The fourth-order valence-corrected chi connectivity index (χ4v) is 2.50. The molecule has 0 saturated carbocycles. The van der Waals surface area contributed by atoms with Crippen LogP contribution in [-0.2, 0) is 4.74 Å². The molecule has 2 N–H and O–H groups in total. The van der Waals surface area contributed by atoms with Crippen LogP contribution >= 0.6 is 11.8 Å². The lowest BCUT2D eigenvalue weighted by atomic mass is 10.1. The van der Waals surface area contributed by atoms with Crippen LogP contribution in [0, 0.1) is 0 Å². The van der Waals surface area contributed by atoms with Gasteiger partial charge in [-0.3, -0.25) is 4.99 Å². The number of nitrogens with zero attached hydrogens (tertiary/aromatic N) is 2. The Balaban J connectivity index is 2.19. The second-order valence-corrected chi connectivity index (χ2v) is 7.41. The Labute approximate surface area is 138 Å². The van der Waals surface area contributed by atoms with Crippen LogP contribution in [0.5, 0.6) is 0 Å². The van der Waals surface area contributed by atoms with E-state index in [2.05, 4.69) is 21.9 Å². The van der Waals surface area contributed by atoms with E-state index in [1.807, 2.05) is 32.5 Å². The van der Waals surface area contributed by atoms with Crippen molar-refractivity contribution >= 4 is 23.8 Å². The van der Waals surface area contributed by atoms with Gasteiger partial charge in [0.2, 0.25) is 0 Å². The van der Waals surface area contributed by atoms with Gasteiger partial charge in [-0.15, -0.1) is 0 Å². The number of thioether (sulfide) groups is 1. The molecule has 22 heavy (non-hydrogen) atoms. The van der Waals surface area contributed by atoms with Gasteiger partial charge in [0.1, 0.15) is 5.60 Å². The maximum Gasteiger partial charge on any atom is 0.410 e. The van der Waals surface area contributed by atoms with Crippen LogP contribution in [-0.4, -0.2) is 67.3 Å². The van der Waals surface area contributed by atoms with Gasteiger partial charge in [-0.05, 0) is 45.6 Å². The second kappa shape index (κ2) is 9.12. The first-order valence-corrected chi connectivity index (χ1v) is 9.19. The average Bonchev–Trinajstić information content (AvgIpc) is 2.37. The van der Waals surface area contributed by atoms with Crippen molar-refractivity contribution < 1.29 is 9.53 Å². The zero-order valence-electron chi connectivity index (χ0n) is 14.4. The number of ether oxygens (including phenoxy) is 1. The SMILES string of the molecule is CN=C(NCCCCSC)NC1CN(C(=O)OC(C)(C)C)C1. The van der Waals surface area contributed by atoms with Crippen LogP contribution in [0.15, 0.2) is 4.99 Å². The van der Waals surface area contributed by atoms with Gasteiger partial charge in [0, 0.05) is 26.7 Å². The fourth-order valence-electron chi connectivity index (χ4n) is 2.01. The molecule has 0 aliphatic carbocycles. The summed E-state index contributed by atoms with van der Waals surface area (Å²) in [4.78, 5) is 17.8. The van der Waals surface area contributed by atoms with Crippen molar-refractivity contribution in [3.05, 3.63) is 0 Å². The van der Waals surface area contributed by atoms with Gasteiger partial charge in [0.05, 0.1) is 6.04 Å². The van der Waals surface area contributed by atoms with Crippen molar-refractivity contribution in [1.82, 2.24) is 15.5 Å². The van der Waals surface area contributed by atoms with E-state index in [1.165, 1.54) is 12.2 Å². The Morgan fingerprint density at radius 3 is 2.59 bits per heavy atom. The number of guanidine groups is 1. The molecule has 7 heteroatoms. The van der Waals surface area contributed by atoms with E-state index in [0.29, 0.717) is 13.1 Å². The van der Waals surface area contributed by atoms with E-state index < -0.39 is 5.60 Å². The number of hydrogen-bond acceptors (Lipinski definition) is 4. The van der Waals surface area contributed by atoms with Gasteiger partial charge < -0.3 is 20.3 Å². The highest BCUT2D eigenvalue weighted by molar-refractivity contribution is 7.98. The summed E-state index contributed by atoms with van der Waals surface area (Å²) in [5, 5.41) is 6.63. The largest absolute Gasteiger partial charge is 0.444 e. The minimum absolute atomic E-state index is 0.241. The molecular formula is C15H30N4O2S. The van der Waals surface area contributed by atoms with Crippen molar-refractivity contribution in [1.29, 1.82) is 0 Å². The third-order valence-corrected chi connectivity index (χ3v) is 3.86. The lowest BCUT2D eigenvalue weighted by Crippen LogP contribution is -2.63. The topological polar surface area (TPSA) is 66.0 Å². The van der Waals surface area contributed by atoms with Gasteiger partial charge in [-0.1, -0.05) is 0 Å². The Hall–Kier alpha value is -1.11. The van der Waals surface area contributed by atoms with Crippen molar-refractivity contribution in [2.75, 3.05) is 38.7 Å². The number of likely N-dealkylation sites (tertiary alicyclic amines) is 1. The van der Waals surface area contributed by atoms with Crippen LogP contribution in [0.3, 0.4) is 0 Å². The lowest BCUT2D eigenvalue weighted by molar-refractivity contribution is 0.00701. The van der Waals surface area contributed by atoms with Gasteiger partial charge in [-0.2, -0.15) is 11.8 Å². The average molecular weight is 330 g/mol. The summed E-state index contributed by atoms with van der Waals surface area (Å²) in [6, 6.07) is 0.241. The molecule has 0 atom stereocenters. The van der Waals surface area contributed by atoms with E-state index in [9.17, 15) is 4.79 Å². The number of unbranched alkanes of at least 4 members (excludes halogenated alkanes) is 1. The first-order chi connectivity index (χ1) is 10.4. The number of carbonyl (C=O) groups is 1. The van der Waals surface area contributed by atoms with Crippen LogP contribution < -0.4 is 10.6 Å². The number of rotatable bonds is 6. The number of carbonyl (C=O) groups excluding carboxylic acids is 1. The summed E-state index contributed by atoms with van der Waals surface area (Å²) < 4.78 is 5.34. The summed E-state index contributed by atoms with van der Waals surface area (Å²) in [7, 11) is 1.77. The predicted molar refractivity (Wildman–Crippen MR) is 93.7 cm³/mol. The van der Waals surface area contributed by atoms with Gasteiger partial charge in [0.15, 0.2) is 5.96 Å². The van der Waals surface area contributed by atoms with Crippen molar-refractivity contribution in [3.63, 3.8) is 0 Å². The van der Waals surface area contributed by atoms with E-state index in [4.69, 9.17) is 4.74 Å². The summed E-state index contributed by atoms with van der Waals surface area (Å²) in [6.45, 7) is 7.86. The highest BCUT2D eigenvalue weighted by atomic mass is 32.2.